The molecule has 0 aliphatic heterocycles. The van der Waals surface area contributed by atoms with Gasteiger partial charge < -0.3 is 17.5 Å². The van der Waals surface area contributed by atoms with Crippen molar-refractivity contribution < 1.29 is 22.1 Å². The Labute approximate surface area is 70.5 Å². The topological polar surface area (TPSA) is 24.1 Å². The van der Waals surface area contributed by atoms with Crippen LogP contribution in [0.2, 0.25) is 0 Å². The van der Waals surface area contributed by atoms with Gasteiger partial charge in [0.1, 0.15) is 6.10 Å². The molecule has 1 aromatic heterocycles. The van der Waals surface area contributed by atoms with Gasteiger partial charge in [0.05, 0.1) is 5.38 Å². The van der Waals surface area contributed by atoms with Crippen molar-refractivity contribution in [3.05, 3.63) is 17.1 Å². The van der Waals surface area contributed by atoms with Crippen LogP contribution in [0.15, 0.2) is 17.1 Å². The summed E-state index contributed by atoms with van der Waals surface area (Å²) in [6.45, 7) is 2.48. The Balaban J connectivity index is 0.000000810. The molecule has 0 saturated carbocycles. The number of rotatable bonds is 2. The predicted octanol–water partition coefficient (Wildman–Crippen LogP) is -2.58. The van der Waals surface area contributed by atoms with Crippen LogP contribution in [0.25, 0.3) is 0 Å². The van der Waals surface area contributed by atoms with E-state index in [9.17, 15) is 0 Å². The number of aromatic nitrogens is 1. The van der Waals surface area contributed by atoms with Crippen molar-refractivity contribution in [2.45, 2.75) is 19.6 Å². The van der Waals surface area contributed by atoms with Gasteiger partial charge in [0.2, 0.25) is 5.51 Å². The zero-order chi connectivity index (χ0) is 6.69. The summed E-state index contributed by atoms with van der Waals surface area (Å²) < 4.78 is 1.97. The van der Waals surface area contributed by atoms with Crippen molar-refractivity contribution in [3.63, 3.8) is 0 Å². The Kier molecular flexibility index (Phi) is 4.60. The minimum Gasteiger partial charge on any atom is -1.00 e. The molecule has 0 aliphatic rings. The van der Waals surface area contributed by atoms with E-state index in [0.717, 1.165) is 0 Å². The highest BCUT2D eigenvalue weighted by atomic mass is 35.5. The monoisotopic (exact) mass is 179 g/mol. The van der Waals surface area contributed by atoms with E-state index >= 15 is 0 Å². The summed E-state index contributed by atoms with van der Waals surface area (Å²) in [4.78, 5) is 0. The largest absolute Gasteiger partial charge is 1.00 e. The fourth-order valence-corrected chi connectivity index (χ4v) is 1.28. The highest BCUT2D eigenvalue weighted by Gasteiger charge is 2.03. The number of aliphatic hydroxyl groups is 1. The van der Waals surface area contributed by atoms with Gasteiger partial charge in [-0.1, -0.05) is 11.3 Å². The number of thiazole rings is 1. The van der Waals surface area contributed by atoms with Crippen LogP contribution in [-0.2, 0) is 6.54 Å². The lowest BCUT2D eigenvalue weighted by Gasteiger charge is -1.93. The van der Waals surface area contributed by atoms with Crippen LogP contribution < -0.4 is 17.0 Å². The van der Waals surface area contributed by atoms with Crippen molar-refractivity contribution in [2.75, 3.05) is 0 Å². The molecule has 10 heavy (non-hydrogen) atoms. The number of halogens is 1. The summed E-state index contributed by atoms with van der Waals surface area (Å²) in [5.74, 6) is 0. The average molecular weight is 180 g/mol. The molecule has 0 amide bonds. The zero-order valence-corrected chi connectivity index (χ0v) is 7.27. The molecular formula is C6H10ClNOS. The van der Waals surface area contributed by atoms with Gasteiger partial charge in [-0.25, -0.2) is 0 Å². The Morgan fingerprint density at radius 3 is 2.80 bits per heavy atom. The molecule has 0 spiro atoms. The maximum Gasteiger partial charge on any atom is 0.224 e. The molecule has 0 aromatic carbocycles. The summed E-state index contributed by atoms with van der Waals surface area (Å²) in [6.07, 6.45) is 1.71. The highest BCUT2D eigenvalue weighted by Crippen LogP contribution is 1.88. The lowest BCUT2D eigenvalue weighted by atomic mass is 10.4. The third kappa shape index (κ3) is 3.15. The lowest BCUT2D eigenvalue weighted by Crippen LogP contribution is -3.00. The first kappa shape index (κ1) is 9.88. The fourth-order valence-electron chi connectivity index (χ4n) is 0.671. The minimum absolute atomic E-state index is 0. The van der Waals surface area contributed by atoms with Gasteiger partial charge in [-0.05, 0) is 6.92 Å². The number of nitrogens with zero attached hydrogens (tertiary/aromatic N) is 1. The summed E-state index contributed by atoms with van der Waals surface area (Å²) in [6, 6.07) is 0. The van der Waals surface area contributed by atoms with Crippen molar-refractivity contribution in [1.29, 1.82) is 0 Å². The minimum atomic E-state index is -0.246. The third-order valence-electron chi connectivity index (χ3n) is 1.00. The first-order valence-corrected chi connectivity index (χ1v) is 3.82. The van der Waals surface area contributed by atoms with Gasteiger partial charge in [-0.15, -0.1) is 0 Å². The molecule has 2 nitrogen and oxygen atoms in total. The van der Waals surface area contributed by atoms with E-state index in [-0.39, 0.29) is 18.5 Å². The SMILES string of the molecule is CC(O)C[n+]1ccsc1.[Cl-]. The van der Waals surface area contributed by atoms with E-state index in [4.69, 9.17) is 5.11 Å². The van der Waals surface area contributed by atoms with Crippen molar-refractivity contribution in [2.24, 2.45) is 0 Å². The van der Waals surface area contributed by atoms with Gasteiger partial charge in [-0.3, -0.25) is 0 Å². The lowest BCUT2D eigenvalue weighted by molar-refractivity contribution is -0.698. The van der Waals surface area contributed by atoms with Crippen LogP contribution in [0.4, 0.5) is 0 Å². The number of aliphatic hydroxyl groups excluding tert-OH is 1. The van der Waals surface area contributed by atoms with Crippen molar-refractivity contribution in [3.8, 4) is 0 Å². The molecule has 1 rings (SSSR count). The Hall–Kier alpha value is -0.120. The van der Waals surface area contributed by atoms with E-state index < -0.39 is 0 Å². The molecule has 0 saturated heterocycles. The normalized spacial score (nSPS) is 12.2. The van der Waals surface area contributed by atoms with Crippen LogP contribution in [0.1, 0.15) is 6.92 Å². The first-order valence-electron chi connectivity index (χ1n) is 2.88. The Morgan fingerprint density at radius 2 is 2.40 bits per heavy atom. The molecule has 0 radical (unpaired) electrons. The van der Waals surface area contributed by atoms with E-state index in [1.165, 1.54) is 0 Å². The second-order valence-electron chi connectivity index (χ2n) is 2.07. The molecule has 0 fully saturated rings. The van der Waals surface area contributed by atoms with Gasteiger partial charge >= 0.3 is 0 Å². The van der Waals surface area contributed by atoms with Crippen LogP contribution in [0.3, 0.4) is 0 Å². The standard InChI is InChI=1S/C6H10NOS.ClH/c1-6(8)4-7-2-3-9-5-7;/h2-3,5-6,8H,4H2,1H3;1H/q+1;/p-1. The first-order chi connectivity index (χ1) is 4.29. The van der Waals surface area contributed by atoms with Crippen LogP contribution in [0, 0.1) is 0 Å². The van der Waals surface area contributed by atoms with Crippen LogP contribution >= 0.6 is 11.3 Å². The molecule has 58 valence electrons. The molecule has 1 atom stereocenters. The van der Waals surface area contributed by atoms with Gasteiger partial charge in [0, 0.05) is 0 Å². The van der Waals surface area contributed by atoms with Gasteiger partial charge in [0.25, 0.3) is 0 Å². The van der Waals surface area contributed by atoms with Crippen molar-refractivity contribution in [1.82, 2.24) is 0 Å². The molecule has 1 heterocycles. The zero-order valence-electron chi connectivity index (χ0n) is 5.70. The smallest absolute Gasteiger partial charge is 0.224 e. The summed E-state index contributed by atoms with van der Waals surface area (Å²) in [5.41, 5.74) is 1.98. The maximum atomic E-state index is 8.91. The quantitative estimate of drug-likeness (QED) is 0.496. The van der Waals surface area contributed by atoms with E-state index in [2.05, 4.69) is 0 Å². The molecular weight excluding hydrogens is 170 g/mol. The van der Waals surface area contributed by atoms with E-state index in [0.29, 0.717) is 6.54 Å². The second kappa shape index (κ2) is 4.66. The van der Waals surface area contributed by atoms with E-state index in [1.54, 1.807) is 18.3 Å². The number of hydrogen-bond acceptors (Lipinski definition) is 2. The number of hydrogen-bond donors (Lipinski definition) is 1. The third-order valence-corrected chi connectivity index (χ3v) is 1.67. The predicted molar refractivity (Wildman–Crippen MR) is 36.2 cm³/mol. The maximum absolute atomic E-state index is 8.91. The van der Waals surface area contributed by atoms with Crippen LogP contribution in [0.5, 0.6) is 0 Å². The molecule has 0 aliphatic carbocycles. The molecule has 1 unspecified atom stereocenters. The fraction of sp³-hybridized carbons (Fsp3) is 0.500. The van der Waals surface area contributed by atoms with Gasteiger partial charge in [-0.2, -0.15) is 4.57 Å². The summed E-state index contributed by atoms with van der Waals surface area (Å²) in [5, 5.41) is 10.9. The molecule has 4 heteroatoms. The average Bonchev–Trinajstić information content (AvgIpc) is 2.15. The molecule has 1 N–H and O–H groups in total. The van der Waals surface area contributed by atoms with Crippen molar-refractivity contribution >= 4 is 11.3 Å². The summed E-state index contributed by atoms with van der Waals surface area (Å²) >= 11 is 1.63. The molecule has 0 bridgehead atoms. The van der Waals surface area contributed by atoms with Crippen LogP contribution in [-0.4, -0.2) is 11.2 Å². The highest BCUT2D eigenvalue weighted by molar-refractivity contribution is 7.07. The van der Waals surface area contributed by atoms with E-state index in [1.807, 2.05) is 21.7 Å². The second-order valence-corrected chi connectivity index (χ2v) is 2.83. The Bertz CT molecular complexity index is 164. The molecule has 1 aromatic rings. The summed E-state index contributed by atoms with van der Waals surface area (Å²) in [7, 11) is 0. The Morgan fingerprint density at radius 1 is 1.70 bits per heavy atom. The van der Waals surface area contributed by atoms with Gasteiger partial charge in [0.15, 0.2) is 12.7 Å².